The lowest BCUT2D eigenvalue weighted by molar-refractivity contribution is -0.629. The van der Waals surface area contributed by atoms with Crippen molar-refractivity contribution in [2.45, 2.75) is 50.3 Å². The van der Waals surface area contributed by atoms with Crippen LogP contribution in [0.15, 0.2) is 35.4 Å². The van der Waals surface area contributed by atoms with Crippen LogP contribution < -0.4 is 21.5 Å². The first-order valence-corrected chi connectivity index (χ1v) is 12.0. The van der Waals surface area contributed by atoms with Crippen molar-refractivity contribution in [3.8, 4) is 0 Å². The van der Waals surface area contributed by atoms with Gasteiger partial charge in [0.25, 0.3) is 5.56 Å². The molecule has 1 aliphatic heterocycles. The maximum absolute atomic E-state index is 13.2. The Morgan fingerprint density at radius 3 is 2.91 bits per heavy atom. The lowest BCUT2D eigenvalue weighted by Crippen LogP contribution is -2.99. The zero-order valence-electron chi connectivity index (χ0n) is 20.3. The third-order valence-corrected chi connectivity index (χ3v) is 7.32. The van der Waals surface area contributed by atoms with Gasteiger partial charge >= 0.3 is 5.91 Å². The standard InChI is InChI=1S/C24H31N7O4/c1-24(34-3)9-8-18(24)28-22(32)16-13-26-31-20(25-2)12-19(29-21(16)31)27-17-7-4-10-30(23(17)33)15-6-5-11-35-14-15/h4,7,10,12-13,15,18,25H,5-6,8-9,11,14H2,1-3H3,(H,27,29)(H,28,32)/p+1/t15?,18?,24-/m1/s1. The van der Waals surface area contributed by atoms with Crippen LogP contribution in [-0.4, -0.2) is 64.1 Å². The largest absolute Gasteiger partial charge is 0.379 e. The van der Waals surface area contributed by atoms with Gasteiger partial charge in [0.05, 0.1) is 18.8 Å². The number of rotatable bonds is 7. The molecule has 0 bridgehead atoms. The second-order valence-electron chi connectivity index (χ2n) is 9.39. The topological polar surface area (TPSA) is 128 Å². The average Bonchev–Trinajstić information content (AvgIpc) is 3.31. The van der Waals surface area contributed by atoms with Gasteiger partial charge in [-0.05, 0) is 38.3 Å². The normalized spacial score (nSPS) is 24.2. The van der Waals surface area contributed by atoms with Crippen molar-refractivity contribution < 1.29 is 19.6 Å². The Labute approximate surface area is 202 Å². The van der Waals surface area contributed by atoms with Crippen molar-refractivity contribution in [2.24, 2.45) is 0 Å². The summed E-state index contributed by atoms with van der Waals surface area (Å²) < 4.78 is 14.5. The van der Waals surface area contributed by atoms with Crippen molar-refractivity contribution in [2.75, 3.05) is 38.0 Å². The molecule has 3 atom stereocenters. The molecule has 1 amide bonds. The number of carbonyl (C=O) groups is 1. The number of methoxy groups -OCH3 is 1. The van der Waals surface area contributed by atoms with Gasteiger partial charge in [-0.25, -0.2) is 9.78 Å². The van der Waals surface area contributed by atoms with Crippen molar-refractivity contribution >= 4 is 28.9 Å². The predicted molar refractivity (Wildman–Crippen MR) is 130 cm³/mol. The summed E-state index contributed by atoms with van der Waals surface area (Å²) in [7, 11) is 3.45. The summed E-state index contributed by atoms with van der Waals surface area (Å²) in [5, 5.41) is 12.3. The summed E-state index contributed by atoms with van der Waals surface area (Å²) in [6.07, 6.45) is 6.98. The Kier molecular flexibility index (Phi) is 6.30. The molecule has 11 heteroatoms. The monoisotopic (exact) mass is 482 g/mol. The van der Waals surface area contributed by atoms with E-state index in [0.29, 0.717) is 35.1 Å². The number of fused-ring (bicyclic) bond motifs is 1. The molecule has 4 heterocycles. The number of quaternary nitrogens is 1. The quantitative estimate of drug-likeness (QED) is 0.460. The van der Waals surface area contributed by atoms with Gasteiger partial charge in [-0.15, -0.1) is 0 Å². The van der Waals surface area contributed by atoms with Gasteiger partial charge < -0.3 is 24.7 Å². The van der Waals surface area contributed by atoms with Crippen LogP contribution in [0.2, 0.25) is 0 Å². The number of aromatic nitrogens is 4. The molecule has 1 saturated carbocycles. The van der Waals surface area contributed by atoms with E-state index in [4.69, 9.17) is 9.47 Å². The number of anilines is 3. The van der Waals surface area contributed by atoms with Crippen molar-refractivity contribution in [3.05, 3.63) is 46.5 Å². The molecule has 0 spiro atoms. The molecule has 2 aliphatic rings. The highest BCUT2D eigenvalue weighted by Crippen LogP contribution is 2.32. The third-order valence-electron chi connectivity index (χ3n) is 7.32. The van der Waals surface area contributed by atoms with Crippen LogP contribution in [0.1, 0.15) is 49.0 Å². The second kappa shape index (κ2) is 9.40. The maximum Gasteiger partial charge on any atom is 0.348 e. The molecule has 35 heavy (non-hydrogen) atoms. The van der Waals surface area contributed by atoms with E-state index in [1.54, 1.807) is 46.9 Å². The number of ether oxygens (including phenoxy) is 2. The van der Waals surface area contributed by atoms with Gasteiger partial charge in [0, 0.05) is 39.4 Å². The summed E-state index contributed by atoms with van der Waals surface area (Å²) in [4.78, 5) is 31.0. The first-order valence-electron chi connectivity index (χ1n) is 12.0. The Morgan fingerprint density at radius 2 is 2.23 bits per heavy atom. The van der Waals surface area contributed by atoms with Gasteiger partial charge in [0.1, 0.15) is 34.5 Å². The first-order chi connectivity index (χ1) is 16.9. The number of carbonyl (C=O) groups excluding carboxylic acids is 1. The summed E-state index contributed by atoms with van der Waals surface area (Å²) in [6, 6.07) is 5.38. The first kappa shape index (κ1) is 23.5. The van der Waals surface area contributed by atoms with E-state index in [2.05, 4.69) is 20.7 Å². The SMILES string of the molecule is CNc1cc(Nc2cccn(C3CCCOC3)c2=O)nc2c(C(=O)[NH2+]C3CC[C@@]3(C)OC)cnn12. The van der Waals surface area contributed by atoms with Gasteiger partial charge in [0.15, 0.2) is 5.65 Å². The van der Waals surface area contributed by atoms with Crippen LogP contribution in [0.4, 0.5) is 17.3 Å². The van der Waals surface area contributed by atoms with Gasteiger partial charge in [-0.2, -0.15) is 9.61 Å². The molecule has 0 radical (unpaired) electrons. The lowest BCUT2D eigenvalue weighted by atomic mass is 9.76. The minimum Gasteiger partial charge on any atom is -0.379 e. The molecule has 4 N–H and O–H groups in total. The second-order valence-corrected chi connectivity index (χ2v) is 9.39. The smallest absolute Gasteiger partial charge is 0.348 e. The van der Waals surface area contributed by atoms with Gasteiger partial charge in [-0.3, -0.25) is 10.1 Å². The summed E-state index contributed by atoms with van der Waals surface area (Å²) >= 11 is 0. The minimum absolute atomic E-state index is 0.0141. The number of hydrogen-bond donors (Lipinski definition) is 3. The van der Waals surface area contributed by atoms with Crippen LogP contribution in [0.5, 0.6) is 0 Å². The molecule has 3 aromatic heterocycles. The number of nitrogens with two attached hydrogens (primary N) is 1. The number of amides is 1. The van der Waals surface area contributed by atoms with Crippen LogP contribution in [0.3, 0.4) is 0 Å². The number of hydrogen-bond acceptors (Lipinski definition) is 8. The molecule has 1 aliphatic carbocycles. The summed E-state index contributed by atoms with van der Waals surface area (Å²) in [5.41, 5.74) is 0.765. The van der Waals surface area contributed by atoms with E-state index in [0.717, 1.165) is 32.3 Å². The van der Waals surface area contributed by atoms with E-state index < -0.39 is 0 Å². The maximum atomic E-state index is 13.2. The molecule has 1 saturated heterocycles. The zero-order valence-corrected chi connectivity index (χ0v) is 20.3. The fourth-order valence-electron chi connectivity index (χ4n) is 4.86. The Balaban J connectivity index is 1.45. The Hall–Kier alpha value is -3.28. The van der Waals surface area contributed by atoms with Crippen molar-refractivity contribution in [3.63, 3.8) is 0 Å². The van der Waals surface area contributed by atoms with Crippen molar-refractivity contribution in [1.29, 1.82) is 0 Å². The minimum atomic E-state index is -0.314. The fourth-order valence-corrected chi connectivity index (χ4v) is 4.86. The highest BCUT2D eigenvalue weighted by atomic mass is 16.5. The number of nitrogens with zero attached hydrogens (tertiary/aromatic N) is 4. The zero-order chi connectivity index (χ0) is 24.6. The molecular weight excluding hydrogens is 450 g/mol. The molecule has 5 rings (SSSR count). The molecule has 2 unspecified atom stereocenters. The van der Waals surface area contributed by atoms with E-state index in [1.165, 1.54) is 6.20 Å². The van der Waals surface area contributed by atoms with Crippen molar-refractivity contribution in [1.82, 2.24) is 19.2 Å². The van der Waals surface area contributed by atoms with E-state index >= 15 is 0 Å². The fraction of sp³-hybridized carbons (Fsp3) is 0.500. The average molecular weight is 483 g/mol. The van der Waals surface area contributed by atoms with Crippen LogP contribution in [0, 0.1) is 0 Å². The molecular formula is C24H32N7O4+. The van der Waals surface area contributed by atoms with Crippen LogP contribution in [0.25, 0.3) is 5.65 Å². The molecule has 186 valence electrons. The molecule has 11 nitrogen and oxygen atoms in total. The number of nitrogens with one attached hydrogen (secondary N) is 2. The number of primary amides is 1. The van der Waals surface area contributed by atoms with E-state index in [-0.39, 0.29) is 29.2 Å². The highest BCUT2D eigenvalue weighted by Gasteiger charge is 2.48. The van der Waals surface area contributed by atoms with Crippen LogP contribution in [-0.2, 0) is 9.47 Å². The predicted octanol–water partition coefficient (Wildman–Crippen LogP) is 1.30. The Morgan fingerprint density at radius 1 is 1.37 bits per heavy atom. The molecule has 3 aromatic rings. The van der Waals surface area contributed by atoms with Gasteiger partial charge in [-0.1, -0.05) is 0 Å². The Bertz CT molecular complexity index is 1290. The van der Waals surface area contributed by atoms with E-state index in [9.17, 15) is 9.59 Å². The summed E-state index contributed by atoms with van der Waals surface area (Å²) in [6.45, 7) is 3.28. The highest BCUT2D eigenvalue weighted by molar-refractivity contribution is 5.94. The lowest BCUT2D eigenvalue weighted by Gasteiger charge is -2.42. The van der Waals surface area contributed by atoms with Gasteiger partial charge in [0.2, 0.25) is 0 Å². The summed E-state index contributed by atoms with van der Waals surface area (Å²) in [5.74, 6) is 0.939. The van der Waals surface area contributed by atoms with Crippen LogP contribution >= 0.6 is 0 Å². The molecule has 2 fully saturated rings. The van der Waals surface area contributed by atoms with E-state index in [1.807, 2.05) is 13.0 Å². The molecule has 0 aromatic carbocycles. The number of pyridine rings is 1. The third kappa shape index (κ3) is 4.30.